The highest BCUT2D eigenvalue weighted by Crippen LogP contribution is 2.27. The Labute approximate surface area is 247 Å². The van der Waals surface area contributed by atoms with Crippen LogP contribution in [0.15, 0.2) is 72.8 Å². The summed E-state index contributed by atoms with van der Waals surface area (Å²) in [7, 11) is 0. The van der Waals surface area contributed by atoms with Gasteiger partial charge in [-0.1, -0.05) is 72.8 Å². The number of carbonyl (C=O) groups is 4. The molecule has 1 saturated heterocycles. The van der Waals surface area contributed by atoms with E-state index >= 15 is 0 Å². The van der Waals surface area contributed by atoms with Gasteiger partial charge in [0, 0.05) is 19.5 Å². The van der Waals surface area contributed by atoms with Crippen LogP contribution >= 0.6 is 0 Å². The van der Waals surface area contributed by atoms with Crippen LogP contribution in [0.1, 0.15) is 56.3 Å². The van der Waals surface area contributed by atoms with Crippen molar-refractivity contribution < 1.29 is 29.0 Å². The summed E-state index contributed by atoms with van der Waals surface area (Å²) in [5.41, 5.74) is 1.65. The molecule has 2 aliphatic rings. The molecule has 224 valence electrons. The van der Waals surface area contributed by atoms with Gasteiger partial charge >= 0.3 is 5.97 Å². The smallest absolute Gasteiger partial charge is 0.310 e. The molecule has 2 aliphatic heterocycles. The lowest BCUT2D eigenvalue weighted by atomic mass is 9.95. The van der Waals surface area contributed by atoms with Gasteiger partial charge in [0.2, 0.25) is 17.7 Å². The van der Waals surface area contributed by atoms with E-state index in [2.05, 4.69) is 10.6 Å². The Hall–Kier alpha value is -3.98. The number of hydrogen-bond acceptors (Lipinski definition) is 6. The molecule has 5 atom stereocenters. The van der Waals surface area contributed by atoms with E-state index in [0.29, 0.717) is 25.1 Å². The minimum absolute atomic E-state index is 0.0347. The van der Waals surface area contributed by atoms with Gasteiger partial charge in [0.1, 0.15) is 12.0 Å². The Balaban J connectivity index is 1.55. The number of cyclic esters (lactones) is 1. The molecule has 9 heteroatoms. The fourth-order valence-corrected chi connectivity index (χ4v) is 5.48. The van der Waals surface area contributed by atoms with Crippen LogP contribution in [0.4, 0.5) is 0 Å². The molecule has 3 N–H and O–H groups in total. The number of nitrogens with zero attached hydrogens (tertiary/aromatic N) is 1. The Morgan fingerprint density at radius 3 is 2.31 bits per heavy atom. The Bertz CT molecular complexity index is 1230. The third kappa shape index (κ3) is 8.52. The van der Waals surface area contributed by atoms with Crippen LogP contribution < -0.4 is 10.6 Å². The molecule has 0 aromatic heterocycles. The minimum Gasteiger partial charge on any atom is -0.455 e. The van der Waals surface area contributed by atoms with E-state index in [1.54, 1.807) is 24.0 Å². The van der Waals surface area contributed by atoms with Crippen LogP contribution in [0.25, 0.3) is 0 Å². The summed E-state index contributed by atoms with van der Waals surface area (Å²) in [6, 6.07) is 17.4. The number of ether oxygens (including phenoxy) is 1. The first-order valence-electron chi connectivity index (χ1n) is 14.8. The number of hydrogen-bond donors (Lipinski definition) is 3. The lowest BCUT2D eigenvalue weighted by Crippen LogP contribution is -2.49. The molecule has 2 aromatic carbocycles. The second-order valence-electron chi connectivity index (χ2n) is 11.1. The number of carbonyl (C=O) groups excluding carboxylic acids is 4. The number of aliphatic hydroxyl groups excluding tert-OH is 1. The lowest BCUT2D eigenvalue weighted by Gasteiger charge is -2.29. The Kier molecular flexibility index (Phi) is 11.3. The topological polar surface area (TPSA) is 125 Å². The zero-order valence-corrected chi connectivity index (χ0v) is 24.1. The molecule has 4 rings (SSSR count). The molecular formula is C33H41N3O6. The molecule has 1 fully saturated rings. The van der Waals surface area contributed by atoms with Crippen LogP contribution in [-0.2, 0) is 30.3 Å². The van der Waals surface area contributed by atoms with Crippen LogP contribution in [0, 0.1) is 11.8 Å². The second-order valence-corrected chi connectivity index (χ2v) is 11.1. The van der Waals surface area contributed by atoms with Gasteiger partial charge in [-0.3, -0.25) is 19.2 Å². The summed E-state index contributed by atoms with van der Waals surface area (Å²) in [5.74, 6) is -3.32. The summed E-state index contributed by atoms with van der Waals surface area (Å²) in [5, 5.41) is 15.7. The highest BCUT2D eigenvalue weighted by Gasteiger charge is 2.34. The van der Waals surface area contributed by atoms with Gasteiger partial charge in [0.05, 0.1) is 24.6 Å². The summed E-state index contributed by atoms with van der Waals surface area (Å²) < 4.78 is 6.00. The van der Waals surface area contributed by atoms with Crippen molar-refractivity contribution in [2.24, 2.45) is 11.8 Å². The van der Waals surface area contributed by atoms with Crippen LogP contribution in [0.3, 0.4) is 0 Å². The Morgan fingerprint density at radius 1 is 1.00 bits per heavy atom. The molecule has 0 radical (unpaired) electrons. The number of likely N-dealkylation sites (tertiary alicyclic amines) is 1. The zero-order chi connectivity index (χ0) is 29.9. The summed E-state index contributed by atoms with van der Waals surface area (Å²) in [4.78, 5) is 55.1. The van der Waals surface area contributed by atoms with E-state index < -0.39 is 47.8 Å². The average Bonchev–Trinajstić information content (AvgIpc) is 3.54. The van der Waals surface area contributed by atoms with Crippen LogP contribution in [0.5, 0.6) is 0 Å². The van der Waals surface area contributed by atoms with Gasteiger partial charge in [-0.05, 0) is 50.2 Å². The first kappa shape index (κ1) is 31.0. The molecule has 2 aromatic rings. The predicted molar refractivity (Wildman–Crippen MR) is 158 cm³/mol. The second kappa shape index (κ2) is 15.3. The van der Waals surface area contributed by atoms with Crippen molar-refractivity contribution in [3.05, 3.63) is 83.9 Å². The highest BCUT2D eigenvalue weighted by atomic mass is 16.5. The SMILES string of the molecule is C[C@@H]1NC(=O)C(C(=O)N[C@@H](CO)Cc2ccccc2)CC=CCC(CC(=O)N2CCCC2)C(=O)OC1c1ccccc1. The molecule has 0 spiro atoms. The van der Waals surface area contributed by atoms with Crippen LogP contribution in [0.2, 0.25) is 0 Å². The summed E-state index contributed by atoms with van der Waals surface area (Å²) in [6.07, 6.45) is 5.35. The number of aliphatic hydroxyl groups is 1. The molecule has 9 nitrogen and oxygen atoms in total. The maximum absolute atomic E-state index is 13.5. The molecular weight excluding hydrogens is 534 g/mol. The van der Waals surface area contributed by atoms with E-state index in [1.165, 1.54) is 0 Å². The molecule has 3 unspecified atom stereocenters. The minimum atomic E-state index is -1.07. The normalized spacial score (nSPS) is 24.1. The van der Waals surface area contributed by atoms with Gasteiger partial charge in [-0.2, -0.15) is 0 Å². The van der Waals surface area contributed by atoms with E-state index in [4.69, 9.17) is 4.74 Å². The van der Waals surface area contributed by atoms with E-state index in [-0.39, 0.29) is 31.8 Å². The first-order valence-corrected chi connectivity index (χ1v) is 14.8. The zero-order valence-electron chi connectivity index (χ0n) is 24.1. The quantitative estimate of drug-likeness (QED) is 0.252. The van der Waals surface area contributed by atoms with Crippen molar-refractivity contribution in [3.63, 3.8) is 0 Å². The van der Waals surface area contributed by atoms with E-state index in [1.807, 2.05) is 60.7 Å². The van der Waals surface area contributed by atoms with Gasteiger partial charge in [-0.25, -0.2) is 0 Å². The molecule has 0 saturated carbocycles. The van der Waals surface area contributed by atoms with Crippen molar-refractivity contribution in [2.45, 2.75) is 63.6 Å². The number of nitrogens with one attached hydrogen (secondary N) is 2. The number of amides is 3. The average molecular weight is 576 g/mol. The molecule has 42 heavy (non-hydrogen) atoms. The molecule has 0 aliphatic carbocycles. The van der Waals surface area contributed by atoms with Crippen LogP contribution in [-0.4, -0.2) is 65.5 Å². The van der Waals surface area contributed by atoms with Gasteiger partial charge in [0.25, 0.3) is 0 Å². The van der Waals surface area contributed by atoms with Crippen molar-refractivity contribution >= 4 is 23.7 Å². The number of esters is 1. The molecule has 2 heterocycles. The fourth-order valence-electron chi connectivity index (χ4n) is 5.48. The van der Waals surface area contributed by atoms with Crippen molar-refractivity contribution in [3.8, 4) is 0 Å². The van der Waals surface area contributed by atoms with Gasteiger partial charge < -0.3 is 25.4 Å². The number of rotatable bonds is 8. The number of benzene rings is 2. The fraction of sp³-hybridized carbons (Fsp3) is 0.455. The molecule has 3 amide bonds. The maximum atomic E-state index is 13.5. The largest absolute Gasteiger partial charge is 0.455 e. The van der Waals surface area contributed by atoms with Crippen molar-refractivity contribution in [2.75, 3.05) is 19.7 Å². The van der Waals surface area contributed by atoms with Gasteiger partial charge in [0.15, 0.2) is 0 Å². The first-order chi connectivity index (χ1) is 20.4. The monoisotopic (exact) mass is 575 g/mol. The Morgan fingerprint density at radius 2 is 1.64 bits per heavy atom. The summed E-state index contributed by atoms with van der Waals surface area (Å²) >= 11 is 0. The summed E-state index contributed by atoms with van der Waals surface area (Å²) in [6.45, 7) is 2.85. The third-order valence-electron chi connectivity index (χ3n) is 7.89. The van der Waals surface area contributed by atoms with E-state index in [0.717, 1.165) is 18.4 Å². The molecule has 0 bridgehead atoms. The van der Waals surface area contributed by atoms with Gasteiger partial charge in [-0.15, -0.1) is 0 Å². The number of allylic oxidation sites excluding steroid dienone is 2. The maximum Gasteiger partial charge on any atom is 0.310 e. The van der Waals surface area contributed by atoms with E-state index in [9.17, 15) is 24.3 Å². The van der Waals surface area contributed by atoms with Crippen molar-refractivity contribution in [1.29, 1.82) is 0 Å². The third-order valence-corrected chi connectivity index (χ3v) is 7.89. The predicted octanol–water partition coefficient (Wildman–Crippen LogP) is 3.09. The standard InChI is InChI=1S/C33H41N3O6/c1-23-30(25-14-6-3-7-15-25)42-33(41)26(21-29(38)36-18-10-11-19-36)16-8-9-17-28(31(39)34-23)32(40)35-27(22-37)20-24-12-4-2-5-13-24/h2-9,12-15,23,26-28,30,37H,10-11,16-22H2,1H3,(H,34,39)(H,35,40)/t23-,26?,27+,28?,30?/m0/s1. The van der Waals surface area contributed by atoms with Crippen molar-refractivity contribution in [1.82, 2.24) is 15.5 Å². The lowest BCUT2D eigenvalue weighted by molar-refractivity contribution is -0.159. The highest BCUT2D eigenvalue weighted by molar-refractivity contribution is 6.00.